The number of carbonyl (C=O) groups is 2. The molecule has 1 N–H and O–H groups in total. The number of carbonyl (C=O) groups excluding carboxylic acids is 2. The Morgan fingerprint density at radius 3 is 2.55 bits per heavy atom. The fraction of sp³-hybridized carbons (Fsp3) is 0.800. The first-order valence-corrected chi connectivity index (χ1v) is 14.8. The van der Waals surface area contributed by atoms with Crippen LogP contribution in [-0.2, 0) is 33.3 Å². The fourth-order valence-electron chi connectivity index (χ4n) is 8.67. The topological polar surface area (TPSA) is 149 Å². The molecule has 0 aromatic heterocycles. The van der Waals surface area contributed by atoms with Crippen LogP contribution in [0.4, 0.5) is 4.39 Å². The standard InChI is InChI=1S/C30H42FN3O8/c1-26(2)41-25-16-22-21-6-5-19-15-20(35)7-8-27(19,3)29(21,31)23(36)17-28(22,4)30(25,42-26)24(37)18-40-14-13-39-12-11-38-10-9-33-34-32/h7-8,15,21-23,25,36H,5-6,9-14,16-18H2,1-4H3/t21-,22-,23-,25+,27-,28-,29-,30+/m0/s1. The molecular weight excluding hydrogens is 549 g/mol. The van der Waals surface area contributed by atoms with Gasteiger partial charge >= 0.3 is 0 Å². The number of ketones is 2. The van der Waals surface area contributed by atoms with Gasteiger partial charge in [-0.15, -0.1) is 0 Å². The molecular formula is C30H42FN3O8. The number of azide groups is 1. The molecule has 1 aliphatic heterocycles. The number of aliphatic hydroxyl groups is 1. The number of Topliss-reactive ketones (excluding diaryl/α,β-unsaturated/α-hetero) is 1. The molecule has 0 radical (unpaired) electrons. The number of rotatable bonds is 12. The number of allylic oxidation sites excluding steroid dienone is 4. The van der Waals surface area contributed by atoms with Crippen LogP contribution in [0.15, 0.2) is 28.9 Å². The van der Waals surface area contributed by atoms with Gasteiger partial charge in [0.1, 0.15) is 6.61 Å². The van der Waals surface area contributed by atoms with Crippen LogP contribution in [0, 0.1) is 22.7 Å². The SMILES string of the molecule is CC1(C)O[C@@H]2C[C@H]3[C@@H]4CCC5=CC(=O)C=C[C@]5(C)[C@@]4(F)[C@@H](O)C[C@]3(C)[C@]2(C(=O)COCCOCCOCCN=[N+]=[N-])O1. The van der Waals surface area contributed by atoms with Crippen LogP contribution in [-0.4, -0.2) is 92.1 Å². The first-order chi connectivity index (χ1) is 19.9. The second kappa shape index (κ2) is 11.4. The summed E-state index contributed by atoms with van der Waals surface area (Å²) in [6.45, 7) is 8.67. The van der Waals surface area contributed by atoms with Gasteiger partial charge in [-0.05, 0) is 70.1 Å². The largest absolute Gasteiger partial charge is 0.390 e. The molecule has 0 bridgehead atoms. The van der Waals surface area contributed by atoms with E-state index in [0.717, 1.165) is 0 Å². The highest BCUT2D eigenvalue weighted by atomic mass is 19.1. The molecule has 8 atom stereocenters. The fourth-order valence-corrected chi connectivity index (χ4v) is 8.67. The van der Waals surface area contributed by atoms with Crippen molar-refractivity contribution in [2.75, 3.05) is 46.2 Å². The van der Waals surface area contributed by atoms with Gasteiger partial charge in [0.2, 0.25) is 0 Å². The van der Waals surface area contributed by atoms with E-state index in [9.17, 15) is 14.7 Å². The highest BCUT2D eigenvalue weighted by molar-refractivity contribution is 6.01. The Hall–Kier alpha value is -2.18. The summed E-state index contributed by atoms with van der Waals surface area (Å²) < 4.78 is 46.8. The van der Waals surface area contributed by atoms with Crippen LogP contribution in [0.1, 0.15) is 53.4 Å². The third-order valence-electron chi connectivity index (χ3n) is 10.4. The number of alkyl halides is 1. The average molecular weight is 592 g/mol. The second-order valence-electron chi connectivity index (χ2n) is 13.0. The van der Waals surface area contributed by atoms with Crippen LogP contribution < -0.4 is 0 Å². The van der Waals surface area contributed by atoms with Gasteiger partial charge in [0, 0.05) is 28.2 Å². The molecule has 42 heavy (non-hydrogen) atoms. The Morgan fingerprint density at radius 1 is 1.14 bits per heavy atom. The molecule has 1 heterocycles. The monoisotopic (exact) mass is 591 g/mol. The molecule has 5 rings (SSSR count). The molecule has 11 nitrogen and oxygen atoms in total. The Bertz CT molecular complexity index is 1200. The quantitative estimate of drug-likeness (QED) is 0.156. The number of hydrogen-bond donors (Lipinski definition) is 1. The molecule has 5 aliphatic rings. The second-order valence-corrected chi connectivity index (χ2v) is 13.0. The summed E-state index contributed by atoms with van der Waals surface area (Å²) in [5.74, 6) is -2.33. The molecule has 0 unspecified atom stereocenters. The van der Waals surface area contributed by atoms with Crippen LogP contribution in [0.3, 0.4) is 0 Å². The van der Waals surface area contributed by atoms with Crippen molar-refractivity contribution in [3.8, 4) is 0 Å². The molecule has 0 aromatic carbocycles. The average Bonchev–Trinajstić information content (AvgIpc) is 3.34. The van der Waals surface area contributed by atoms with Gasteiger partial charge in [-0.2, -0.15) is 0 Å². The van der Waals surface area contributed by atoms with Crippen LogP contribution in [0.2, 0.25) is 0 Å². The third-order valence-corrected chi connectivity index (χ3v) is 10.4. The predicted molar refractivity (Wildman–Crippen MR) is 148 cm³/mol. The van der Waals surface area contributed by atoms with Crippen molar-refractivity contribution in [1.29, 1.82) is 0 Å². The predicted octanol–water partition coefficient (Wildman–Crippen LogP) is 3.79. The lowest BCUT2D eigenvalue weighted by molar-refractivity contribution is -0.246. The third kappa shape index (κ3) is 4.76. The van der Waals surface area contributed by atoms with Gasteiger partial charge in [-0.1, -0.05) is 23.7 Å². The molecule has 232 valence electrons. The zero-order chi connectivity index (χ0) is 30.4. The summed E-state index contributed by atoms with van der Waals surface area (Å²) in [7, 11) is 0. The van der Waals surface area contributed by atoms with Crippen molar-refractivity contribution < 1.29 is 42.8 Å². The lowest BCUT2D eigenvalue weighted by atomic mass is 9.44. The van der Waals surface area contributed by atoms with Crippen molar-refractivity contribution in [1.82, 2.24) is 0 Å². The molecule has 0 spiro atoms. The molecule has 12 heteroatoms. The number of aliphatic hydroxyl groups excluding tert-OH is 1. The van der Waals surface area contributed by atoms with Gasteiger partial charge in [-0.25, -0.2) is 4.39 Å². The van der Waals surface area contributed by atoms with Crippen LogP contribution >= 0.6 is 0 Å². The Balaban J connectivity index is 1.29. The summed E-state index contributed by atoms with van der Waals surface area (Å²) in [5, 5.41) is 15.0. The molecule has 4 fully saturated rings. The highest BCUT2D eigenvalue weighted by Crippen LogP contribution is 2.72. The van der Waals surface area contributed by atoms with E-state index in [2.05, 4.69) is 10.0 Å². The van der Waals surface area contributed by atoms with Gasteiger partial charge in [0.15, 0.2) is 28.6 Å². The zero-order valence-electron chi connectivity index (χ0n) is 24.8. The summed E-state index contributed by atoms with van der Waals surface area (Å²) in [6, 6.07) is 0. The number of ether oxygens (including phenoxy) is 5. The lowest BCUT2D eigenvalue weighted by Gasteiger charge is -2.62. The zero-order valence-corrected chi connectivity index (χ0v) is 24.8. The number of fused-ring (bicyclic) bond motifs is 7. The molecule has 0 aromatic rings. The van der Waals surface area contributed by atoms with E-state index in [1.807, 2.05) is 6.92 Å². The van der Waals surface area contributed by atoms with Crippen LogP contribution in [0.5, 0.6) is 0 Å². The van der Waals surface area contributed by atoms with E-state index >= 15 is 4.39 Å². The van der Waals surface area contributed by atoms with Gasteiger partial charge in [-0.3, -0.25) is 9.59 Å². The summed E-state index contributed by atoms with van der Waals surface area (Å²) in [5.41, 5.74) is 3.55. The number of hydrogen-bond acceptors (Lipinski definition) is 9. The minimum absolute atomic E-state index is 0.0137. The van der Waals surface area contributed by atoms with Crippen molar-refractivity contribution >= 4 is 11.6 Å². The minimum Gasteiger partial charge on any atom is -0.390 e. The summed E-state index contributed by atoms with van der Waals surface area (Å²) >= 11 is 0. The van der Waals surface area contributed by atoms with E-state index in [1.54, 1.807) is 26.8 Å². The van der Waals surface area contributed by atoms with Crippen molar-refractivity contribution in [3.63, 3.8) is 0 Å². The minimum atomic E-state index is -2.00. The maximum Gasteiger partial charge on any atom is 0.193 e. The summed E-state index contributed by atoms with van der Waals surface area (Å²) in [6.07, 6.45) is 3.99. The number of halogens is 1. The Labute approximate surface area is 245 Å². The first kappa shape index (κ1) is 31.3. The molecule has 0 amide bonds. The Kier molecular flexibility index (Phi) is 8.48. The van der Waals surface area contributed by atoms with E-state index in [-0.39, 0.29) is 50.3 Å². The van der Waals surface area contributed by atoms with Gasteiger partial charge in [0.25, 0.3) is 0 Å². The molecule has 1 saturated heterocycles. The van der Waals surface area contributed by atoms with Gasteiger partial charge < -0.3 is 28.8 Å². The van der Waals surface area contributed by atoms with Crippen molar-refractivity contribution in [2.24, 2.45) is 27.8 Å². The van der Waals surface area contributed by atoms with Gasteiger partial charge in [0.05, 0.1) is 45.2 Å². The maximum absolute atomic E-state index is 17.5. The van der Waals surface area contributed by atoms with E-state index < -0.39 is 46.0 Å². The smallest absolute Gasteiger partial charge is 0.193 e. The van der Waals surface area contributed by atoms with E-state index in [0.29, 0.717) is 44.7 Å². The van der Waals surface area contributed by atoms with E-state index in [4.69, 9.17) is 29.2 Å². The highest BCUT2D eigenvalue weighted by Gasteiger charge is 2.80. The first-order valence-electron chi connectivity index (χ1n) is 14.8. The summed E-state index contributed by atoms with van der Waals surface area (Å²) in [4.78, 5) is 28.8. The van der Waals surface area contributed by atoms with Crippen molar-refractivity contribution in [3.05, 3.63) is 34.2 Å². The van der Waals surface area contributed by atoms with Crippen molar-refractivity contribution in [2.45, 2.75) is 82.6 Å². The maximum atomic E-state index is 17.5. The van der Waals surface area contributed by atoms with Crippen LogP contribution in [0.25, 0.3) is 10.4 Å². The molecule has 4 aliphatic carbocycles. The van der Waals surface area contributed by atoms with E-state index in [1.165, 1.54) is 12.2 Å². The normalized spacial score (nSPS) is 41.3. The molecule has 3 saturated carbocycles. The lowest BCUT2D eigenvalue weighted by Crippen LogP contribution is -2.70. The Morgan fingerprint density at radius 2 is 1.83 bits per heavy atom. The number of nitrogens with zero attached hydrogens (tertiary/aromatic N) is 3.